The minimum Gasteiger partial charge on any atom is -0.356 e. The van der Waals surface area contributed by atoms with Crippen molar-refractivity contribution in [3.8, 4) is 0 Å². The Balaban J connectivity index is 1.24. The number of aromatic amines is 1. The third kappa shape index (κ3) is 3.36. The van der Waals surface area contributed by atoms with E-state index >= 15 is 0 Å². The van der Waals surface area contributed by atoms with Gasteiger partial charge in [0, 0.05) is 29.6 Å². The van der Waals surface area contributed by atoms with E-state index in [1.165, 1.54) is 15.6 Å². The van der Waals surface area contributed by atoms with Crippen LogP contribution in [0.3, 0.4) is 0 Å². The van der Waals surface area contributed by atoms with Gasteiger partial charge in [-0.15, -0.1) is 5.10 Å². The fraction of sp³-hybridized carbons (Fsp3) is 0.304. The molecule has 7 nitrogen and oxygen atoms in total. The molecule has 152 valence electrons. The van der Waals surface area contributed by atoms with E-state index in [2.05, 4.69) is 38.8 Å². The lowest BCUT2D eigenvalue weighted by Crippen LogP contribution is -2.31. The van der Waals surface area contributed by atoms with Gasteiger partial charge in [0.1, 0.15) is 5.52 Å². The van der Waals surface area contributed by atoms with E-state index < -0.39 is 0 Å². The van der Waals surface area contributed by atoms with Crippen molar-refractivity contribution in [2.45, 2.75) is 44.7 Å². The van der Waals surface area contributed by atoms with E-state index in [4.69, 9.17) is 0 Å². The number of H-pyrrole nitrogens is 1. The lowest BCUT2D eigenvalue weighted by atomic mass is 9.91. The van der Waals surface area contributed by atoms with E-state index in [9.17, 15) is 9.59 Å². The average Bonchev–Trinajstić information content (AvgIpc) is 3.15. The van der Waals surface area contributed by atoms with Crippen molar-refractivity contribution >= 4 is 27.7 Å². The predicted molar refractivity (Wildman–Crippen MR) is 115 cm³/mol. The minimum absolute atomic E-state index is 0.00620. The van der Waals surface area contributed by atoms with Gasteiger partial charge >= 0.3 is 0 Å². The number of para-hydroxylation sites is 1. The maximum Gasteiger partial charge on any atom is 0.277 e. The molecule has 0 aliphatic heterocycles. The number of hydrogen-bond donors (Lipinski definition) is 2. The van der Waals surface area contributed by atoms with E-state index in [0.717, 1.165) is 30.5 Å². The van der Waals surface area contributed by atoms with Crippen LogP contribution < -0.4 is 10.9 Å². The fourth-order valence-electron chi connectivity index (χ4n) is 4.38. The van der Waals surface area contributed by atoms with Gasteiger partial charge in [0.2, 0.25) is 5.91 Å². The van der Waals surface area contributed by atoms with Gasteiger partial charge in [0.15, 0.2) is 0 Å². The molecule has 2 aromatic heterocycles. The number of nitrogens with one attached hydrogen (secondary N) is 2. The van der Waals surface area contributed by atoms with Crippen molar-refractivity contribution in [2.24, 2.45) is 0 Å². The van der Waals surface area contributed by atoms with Crippen LogP contribution in [0.15, 0.2) is 53.3 Å². The van der Waals surface area contributed by atoms with E-state index in [1.54, 1.807) is 12.1 Å². The smallest absolute Gasteiger partial charge is 0.277 e. The molecule has 0 radical (unpaired) electrons. The number of carbonyl (C=O) groups is 1. The third-order valence-corrected chi connectivity index (χ3v) is 5.85. The summed E-state index contributed by atoms with van der Waals surface area (Å²) in [7, 11) is 0. The molecule has 2 aromatic carbocycles. The van der Waals surface area contributed by atoms with Gasteiger partial charge < -0.3 is 10.3 Å². The van der Waals surface area contributed by atoms with Gasteiger partial charge in [0.25, 0.3) is 5.56 Å². The molecule has 1 aliphatic rings. The maximum atomic E-state index is 12.6. The molecule has 1 atom stereocenters. The lowest BCUT2D eigenvalue weighted by molar-refractivity contribution is -0.122. The number of benzene rings is 2. The highest BCUT2D eigenvalue weighted by molar-refractivity contribution is 5.85. The molecule has 1 aliphatic carbocycles. The second-order valence-electron chi connectivity index (χ2n) is 7.81. The zero-order valence-corrected chi connectivity index (χ0v) is 16.6. The quantitative estimate of drug-likeness (QED) is 0.537. The average molecular weight is 401 g/mol. The highest BCUT2D eigenvalue weighted by atomic mass is 16.1. The van der Waals surface area contributed by atoms with Crippen molar-refractivity contribution in [1.29, 1.82) is 0 Å². The first-order valence-electron chi connectivity index (χ1n) is 10.4. The molecule has 30 heavy (non-hydrogen) atoms. The molecule has 1 amide bonds. The second kappa shape index (κ2) is 7.74. The molecule has 0 saturated carbocycles. The predicted octanol–water partition coefficient (Wildman–Crippen LogP) is 3.25. The number of nitrogens with zero attached hydrogens (tertiary/aromatic N) is 3. The van der Waals surface area contributed by atoms with Crippen LogP contribution in [-0.2, 0) is 17.8 Å². The van der Waals surface area contributed by atoms with E-state index in [1.807, 2.05) is 18.2 Å². The summed E-state index contributed by atoms with van der Waals surface area (Å²) in [6.45, 7) is 0.367. The third-order valence-electron chi connectivity index (χ3n) is 5.85. The molecular formula is C23H23N5O2. The SMILES string of the molecule is O=C(CCCn1nnc2ccccc2c1=O)NC1CCCc2c1[nH]c1ccccc21. The summed E-state index contributed by atoms with van der Waals surface area (Å²) in [5.74, 6) is -0.00620. The van der Waals surface area contributed by atoms with Crippen molar-refractivity contribution in [1.82, 2.24) is 25.3 Å². The zero-order valence-electron chi connectivity index (χ0n) is 16.6. The van der Waals surface area contributed by atoms with Crippen LogP contribution in [0.2, 0.25) is 0 Å². The van der Waals surface area contributed by atoms with Crippen LogP contribution in [0, 0.1) is 0 Å². The summed E-state index contributed by atoms with van der Waals surface area (Å²) in [6.07, 6.45) is 3.90. The van der Waals surface area contributed by atoms with Crippen LogP contribution in [-0.4, -0.2) is 25.9 Å². The molecule has 0 fully saturated rings. The van der Waals surface area contributed by atoms with Crippen molar-refractivity contribution < 1.29 is 4.79 Å². The maximum absolute atomic E-state index is 12.6. The summed E-state index contributed by atoms with van der Waals surface area (Å²) in [4.78, 5) is 28.6. The largest absolute Gasteiger partial charge is 0.356 e. The molecule has 2 N–H and O–H groups in total. The Hall–Kier alpha value is -3.48. The number of aryl methyl sites for hydroxylation is 2. The Bertz CT molecular complexity index is 1290. The first kappa shape index (κ1) is 18.5. The Kier molecular flexibility index (Phi) is 4.78. The molecule has 1 unspecified atom stereocenters. The number of hydrogen-bond acceptors (Lipinski definition) is 4. The van der Waals surface area contributed by atoms with Gasteiger partial charge in [-0.25, -0.2) is 4.68 Å². The summed E-state index contributed by atoms with van der Waals surface area (Å²) in [6, 6.07) is 15.5. The van der Waals surface area contributed by atoms with E-state index in [-0.39, 0.29) is 17.5 Å². The first-order chi connectivity index (χ1) is 14.7. The van der Waals surface area contributed by atoms with Gasteiger partial charge in [-0.3, -0.25) is 9.59 Å². The number of rotatable bonds is 5. The zero-order chi connectivity index (χ0) is 20.5. The Labute approximate surface area is 173 Å². The Morgan fingerprint density at radius 1 is 1.13 bits per heavy atom. The van der Waals surface area contributed by atoms with Crippen molar-refractivity contribution in [3.63, 3.8) is 0 Å². The Morgan fingerprint density at radius 3 is 2.83 bits per heavy atom. The standard InChI is InChI=1S/C23H23N5O2/c29-21(13-6-14-28-23(30)17-8-2-4-11-19(17)26-27-28)24-20-12-5-9-16-15-7-1-3-10-18(15)25-22(16)20/h1-4,7-8,10-11,20,25H,5-6,9,12-14H2,(H,24,29). The summed E-state index contributed by atoms with van der Waals surface area (Å²) in [5.41, 5.74) is 3.99. The molecule has 5 rings (SSSR count). The number of aromatic nitrogens is 4. The van der Waals surface area contributed by atoms with Crippen LogP contribution in [0.5, 0.6) is 0 Å². The van der Waals surface area contributed by atoms with Gasteiger partial charge in [-0.05, 0) is 49.4 Å². The van der Waals surface area contributed by atoms with Crippen LogP contribution in [0.4, 0.5) is 0 Å². The monoisotopic (exact) mass is 401 g/mol. The summed E-state index contributed by atoms with van der Waals surface area (Å²) < 4.78 is 1.34. The van der Waals surface area contributed by atoms with Crippen LogP contribution in [0.1, 0.15) is 43.0 Å². The van der Waals surface area contributed by atoms with E-state index in [0.29, 0.717) is 30.3 Å². The molecule has 0 saturated heterocycles. The molecule has 0 bridgehead atoms. The molecule has 4 aromatic rings. The number of fused-ring (bicyclic) bond motifs is 4. The Morgan fingerprint density at radius 2 is 1.93 bits per heavy atom. The molecule has 2 heterocycles. The van der Waals surface area contributed by atoms with Crippen LogP contribution in [0.25, 0.3) is 21.8 Å². The molecule has 7 heteroatoms. The highest BCUT2D eigenvalue weighted by Gasteiger charge is 2.25. The first-order valence-corrected chi connectivity index (χ1v) is 10.4. The lowest BCUT2D eigenvalue weighted by Gasteiger charge is -2.24. The normalized spacial score (nSPS) is 15.9. The summed E-state index contributed by atoms with van der Waals surface area (Å²) >= 11 is 0. The number of carbonyl (C=O) groups excluding carboxylic acids is 1. The van der Waals surface area contributed by atoms with Gasteiger partial charge in [-0.2, -0.15) is 0 Å². The van der Waals surface area contributed by atoms with Crippen molar-refractivity contribution in [2.75, 3.05) is 0 Å². The van der Waals surface area contributed by atoms with Gasteiger partial charge in [-0.1, -0.05) is 35.5 Å². The molecular weight excluding hydrogens is 378 g/mol. The van der Waals surface area contributed by atoms with Gasteiger partial charge in [0.05, 0.1) is 11.4 Å². The highest BCUT2D eigenvalue weighted by Crippen LogP contribution is 2.34. The minimum atomic E-state index is -0.170. The number of amides is 1. The van der Waals surface area contributed by atoms with Crippen molar-refractivity contribution in [3.05, 3.63) is 70.1 Å². The topological polar surface area (TPSA) is 92.7 Å². The van der Waals surface area contributed by atoms with Crippen LogP contribution >= 0.6 is 0 Å². The fourth-order valence-corrected chi connectivity index (χ4v) is 4.38. The summed E-state index contributed by atoms with van der Waals surface area (Å²) in [5, 5.41) is 13.0. The molecule has 0 spiro atoms. The second-order valence-corrected chi connectivity index (χ2v) is 7.81.